The van der Waals surface area contributed by atoms with Crippen LogP contribution in [0.2, 0.25) is 0 Å². The predicted octanol–water partition coefficient (Wildman–Crippen LogP) is 3.09. The lowest BCUT2D eigenvalue weighted by Crippen LogP contribution is -2.49. The summed E-state index contributed by atoms with van der Waals surface area (Å²) in [6, 6.07) is 8.63. The third-order valence-corrected chi connectivity index (χ3v) is 5.00. The second-order valence-corrected chi connectivity index (χ2v) is 7.13. The quantitative estimate of drug-likeness (QED) is 0.243. The van der Waals surface area contributed by atoms with E-state index < -0.39 is 0 Å². The third-order valence-electron chi connectivity index (χ3n) is 5.00. The molecule has 1 aliphatic heterocycles. The molecular weight excluding hydrogens is 449 g/mol. The summed E-state index contributed by atoms with van der Waals surface area (Å²) in [6.45, 7) is 16.2. The first-order chi connectivity index (χ1) is 12.7. The topological polar surface area (TPSA) is 42.9 Å². The number of nitrogens with one attached hydrogen (secondary N) is 2. The highest BCUT2D eigenvalue weighted by atomic mass is 127. The molecule has 0 radical (unpaired) electrons. The maximum atomic E-state index is 4.77. The highest BCUT2D eigenvalue weighted by molar-refractivity contribution is 14.0. The summed E-state index contributed by atoms with van der Waals surface area (Å²) in [5, 5.41) is 6.98. The minimum Gasteiger partial charge on any atom is -0.356 e. The molecule has 0 saturated carbocycles. The molecule has 0 aromatic heterocycles. The van der Waals surface area contributed by atoms with Crippen LogP contribution in [0, 0.1) is 6.92 Å². The molecule has 2 N–H and O–H groups in total. The lowest BCUT2D eigenvalue weighted by atomic mass is 10.1. The van der Waals surface area contributed by atoms with Gasteiger partial charge in [0.2, 0.25) is 0 Å². The Hall–Kier alpha value is -0.860. The lowest BCUT2D eigenvalue weighted by molar-refractivity contribution is 0.139. The zero-order valence-corrected chi connectivity index (χ0v) is 19.7. The number of piperazine rings is 1. The Kier molecular flexibility index (Phi) is 12.7. The van der Waals surface area contributed by atoms with Crippen molar-refractivity contribution >= 4 is 29.9 Å². The molecule has 1 saturated heterocycles. The van der Waals surface area contributed by atoms with E-state index in [2.05, 4.69) is 65.5 Å². The fourth-order valence-electron chi connectivity index (χ4n) is 3.08. The second kappa shape index (κ2) is 14.2. The Morgan fingerprint density at radius 3 is 2.22 bits per heavy atom. The van der Waals surface area contributed by atoms with E-state index in [0.717, 1.165) is 32.1 Å². The van der Waals surface area contributed by atoms with Gasteiger partial charge >= 0.3 is 0 Å². The van der Waals surface area contributed by atoms with Crippen molar-refractivity contribution in [3.63, 3.8) is 0 Å². The largest absolute Gasteiger partial charge is 0.356 e. The predicted molar refractivity (Wildman–Crippen MR) is 127 cm³/mol. The zero-order valence-electron chi connectivity index (χ0n) is 17.3. The summed E-state index contributed by atoms with van der Waals surface area (Å²) in [4.78, 5) is 9.83. The molecule has 27 heavy (non-hydrogen) atoms. The van der Waals surface area contributed by atoms with Crippen molar-refractivity contribution in [1.82, 2.24) is 20.4 Å². The monoisotopic (exact) mass is 487 g/mol. The van der Waals surface area contributed by atoms with Crippen molar-refractivity contribution in [2.75, 3.05) is 52.4 Å². The van der Waals surface area contributed by atoms with Gasteiger partial charge < -0.3 is 15.5 Å². The van der Waals surface area contributed by atoms with Gasteiger partial charge in [-0.25, -0.2) is 4.99 Å². The van der Waals surface area contributed by atoms with Crippen molar-refractivity contribution in [2.24, 2.45) is 4.99 Å². The summed E-state index contributed by atoms with van der Waals surface area (Å²) < 4.78 is 0. The van der Waals surface area contributed by atoms with Crippen molar-refractivity contribution in [3.8, 4) is 0 Å². The Morgan fingerprint density at radius 1 is 0.963 bits per heavy atom. The van der Waals surface area contributed by atoms with E-state index in [1.54, 1.807) is 0 Å². The van der Waals surface area contributed by atoms with Gasteiger partial charge in [0.05, 0.1) is 6.54 Å². The summed E-state index contributed by atoms with van der Waals surface area (Å²) in [7, 11) is 0. The number of rotatable bonds is 9. The van der Waals surface area contributed by atoms with Crippen LogP contribution in [0.5, 0.6) is 0 Å². The lowest BCUT2D eigenvalue weighted by Gasteiger charge is -2.34. The number of aryl methyl sites for hydroxylation is 1. The van der Waals surface area contributed by atoms with E-state index in [9.17, 15) is 0 Å². The first-order valence-electron chi connectivity index (χ1n) is 10.2. The van der Waals surface area contributed by atoms with Gasteiger partial charge in [-0.3, -0.25) is 4.90 Å². The molecule has 1 aliphatic rings. The van der Waals surface area contributed by atoms with Crippen molar-refractivity contribution < 1.29 is 0 Å². The van der Waals surface area contributed by atoms with Crippen LogP contribution in [0.1, 0.15) is 37.8 Å². The molecule has 154 valence electrons. The Labute approximate surface area is 183 Å². The molecule has 0 amide bonds. The highest BCUT2D eigenvalue weighted by Crippen LogP contribution is 2.04. The highest BCUT2D eigenvalue weighted by Gasteiger charge is 2.14. The van der Waals surface area contributed by atoms with Crippen molar-refractivity contribution in [2.45, 2.75) is 40.2 Å². The maximum absolute atomic E-state index is 4.77. The van der Waals surface area contributed by atoms with Gasteiger partial charge in [-0.1, -0.05) is 50.1 Å². The zero-order chi connectivity index (χ0) is 18.6. The molecule has 6 heteroatoms. The molecule has 2 rings (SSSR count). The number of hydrogen-bond acceptors (Lipinski definition) is 3. The smallest absolute Gasteiger partial charge is 0.191 e. The summed E-state index contributed by atoms with van der Waals surface area (Å²) in [5.74, 6) is 0.936. The molecule has 0 atom stereocenters. The summed E-state index contributed by atoms with van der Waals surface area (Å²) in [6.07, 6.45) is 2.37. The Balaban J connectivity index is 0.00000364. The average molecular weight is 487 g/mol. The van der Waals surface area contributed by atoms with Gasteiger partial charge in [0.1, 0.15) is 0 Å². The molecule has 1 aromatic carbocycles. The van der Waals surface area contributed by atoms with Crippen molar-refractivity contribution in [3.05, 3.63) is 35.4 Å². The normalized spacial score (nSPS) is 16.0. The second-order valence-electron chi connectivity index (χ2n) is 7.13. The number of unbranched alkanes of at least 4 members (excludes halogenated alkanes) is 1. The number of nitrogens with zero attached hydrogens (tertiary/aromatic N) is 3. The number of hydrogen-bond donors (Lipinski definition) is 2. The van der Waals surface area contributed by atoms with Crippen LogP contribution in [-0.4, -0.2) is 68.1 Å². The van der Waals surface area contributed by atoms with Gasteiger partial charge in [-0.15, -0.1) is 24.0 Å². The van der Waals surface area contributed by atoms with E-state index in [-0.39, 0.29) is 24.0 Å². The van der Waals surface area contributed by atoms with E-state index in [1.165, 1.54) is 56.7 Å². The molecular formula is C21H38IN5. The standard InChI is InChI=1S/C21H37N5.HI/c1-4-6-11-22-21(24-18-20-9-7-19(3)8-10-20)23-12-13-26-16-14-25(5-2)15-17-26;/h7-10H,4-6,11-18H2,1-3H3,(H2,22,23,24);1H. The molecule has 5 nitrogen and oxygen atoms in total. The summed E-state index contributed by atoms with van der Waals surface area (Å²) >= 11 is 0. The van der Waals surface area contributed by atoms with E-state index in [4.69, 9.17) is 4.99 Å². The molecule has 0 spiro atoms. The minimum atomic E-state index is 0. The van der Waals surface area contributed by atoms with Crippen LogP contribution < -0.4 is 10.6 Å². The maximum Gasteiger partial charge on any atom is 0.191 e. The van der Waals surface area contributed by atoms with Gasteiger partial charge in [-0.2, -0.15) is 0 Å². The first kappa shape index (κ1) is 24.2. The van der Waals surface area contributed by atoms with E-state index in [0.29, 0.717) is 0 Å². The Morgan fingerprint density at radius 2 is 1.59 bits per heavy atom. The van der Waals surface area contributed by atoms with E-state index >= 15 is 0 Å². The number of guanidine groups is 1. The van der Waals surface area contributed by atoms with Crippen LogP contribution >= 0.6 is 24.0 Å². The van der Waals surface area contributed by atoms with Crippen LogP contribution in [0.25, 0.3) is 0 Å². The first-order valence-corrected chi connectivity index (χ1v) is 10.2. The molecule has 1 aromatic rings. The van der Waals surface area contributed by atoms with Gasteiger partial charge in [0.25, 0.3) is 0 Å². The number of halogens is 1. The molecule has 1 fully saturated rings. The number of likely N-dealkylation sites (N-methyl/N-ethyl adjacent to an activating group) is 1. The SMILES string of the molecule is CCCCNC(=NCc1ccc(C)cc1)NCCN1CCN(CC)CC1.I. The molecule has 0 bridgehead atoms. The fourth-order valence-corrected chi connectivity index (χ4v) is 3.08. The fraction of sp³-hybridized carbons (Fsp3) is 0.667. The minimum absolute atomic E-state index is 0. The van der Waals surface area contributed by atoms with Crippen LogP contribution in [0.3, 0.4) is 0 Å². The molecule has 1 heterocycles. The summed E-state index contributed by atoms with van der Waals surface area (Å²) in [5.41, 5.74) is 2.54. The average Bonchev–Trinajstić information content (AvgIpc) is 2.67. The Bertz CT molecular complexity index is 524. The van der Waals surface area contributed by atoms with Gasteiger partial charge in [-0.05, 0) is 25.5 Å². The van der Waals surface area contributed by atoms with Crippen LogP contribution in [-0.2, 0) is 6.54 Å². The molecule has 0 unspecified atom stereocenters. The van der Waals surface area contributed by atoms with Gasteiger partial charge in [0, 0.05) is 45.8 Å². The van der Waals surface area contributed by atoms with Crippen molar-refractivity contribution in [1.29, 1.82) is 0 Å². The third kappa shape index (κ3) is 9.76. The van der Waals surface area contributed by atoms with Gasteiger partial charge in [0.15, 0.2) is 5.96 Å². The van der Waals surface area contributed by atoms with Crippen LogP contribution in [0.4, 0.5) is 0 Å². The number of aliphatic imine (C=N–C) groups is 1. The van der Waals surface area contributed by atoms with Crippen LogP contribution in [0.15, 0.2) is 29.3 Å². The van der Waals surface area contributed by atoms with E-state index in [1.807, 2.05) is 0 Å². The number of benzene rings is 1. The molecule has 0 aliphatic carbocycles.